The molecular formula is C22H22BrN3O5. The Morgan fingerprint density at radius 3 is 2.39 bits per heavy atom. The molecule has 1 heterocycles. The molecule has 0 aromatic heterocycles. The molecule has 3 rings (SSSR count). The van der Waals surface area contributed by atoms with Gasteiger partial charge < -0.3 is 15.4 Å². The van der Waals surface area contributed by atoms with Crippen LogP contribution in [0.2, 0.25) is 0 Å². The van der Waals surface area contributed by atoms with Crippen molar-refractivity contribution in [1.82, 2.24) is 15.5 Å². The van der Waals surface area contributed by atoms with Gasteiger partial charge in [-0.05, 0) is 42.3 Å². The standard InChI is InChI=1S/C22H22BrN3O5/c1-31-16-7-4-14(5-8-16)12-24-20(28)13-25-19(27)3-2-10-26-21(29)17-9-6-15(23)11-18(17)22(26)30/h4-9,11H,2-3,10,12-13H2,1H3,(H,24,28)(H,25,27). The highest BCUT2D eigenvalue weighted by Gasteiger charge is 2.35. The highest BCUT2D eigenvalue weighted by Crippen LogP contribution is 2.26. The van der Waals surface area contributed by atoms with Crippen LogP contribution in [0.25, 0.3) is 0 Å². The Kier molecular flexibility index (Phi) is 7.41. The minimum Gasteiger partial charge on any atom is -0.497 e. The maximum atomic E-state index is 12.4. The van der Waals surface area contributed by atoms with E-state index in [2.05, 4.69) is 26.6 Å². The molecule has 0 fully saturated rings. The number of nitrogens with zero attached hydrogens (tertiary/aromatic N) is 1. The number of nitrogens with one attached hydrogen (secondary N) is 2. The number of methoxy groups -OCH3 is 1. The first-order chi connectivity index (χ1) is 14.9. The molecule has 4 amide bonds. The van der Waals surface area contributed by atoms with Gasteiger partial charge in [-0.3, -0.25) is 24.1 Å². The minimum absolute atomic E-state index is 0.100. The van der Waals surface area contributed by atoms with Crippen LogP contribution in [-0.2, 0) is 16.1 Å². The van der Waals surface area contributed by atoms with Gasteiger partial charge in [-0.2, -0.15) is 0 Å². The van der Waals surface area contributed by atoms with Gasteiger partial charge in [0, 0.05) is 24.0 Å². The van der Waals surface area contributed by atoms with Crippen LogP contribution < -0.4 is 15.4 Å². The maximum absolute atomic E-state index is 12.4. The molecular weight excluding hydrogens is 466 g/mol. The Morgan fingerprint density at radius 2 is 1.68 bits per heavy atom. The molecule has 0 unspecified atom stereocenters. The SMILES string of the molecule is COc1ccc(CNC(=O)CNC(=O)CCCN2C(=O)c3ccc(Br)cc3C2=O)cc1. The van der Waals surface area contributed by atoms with Crippen LogP contribution >= 0.6 is 15.9 Å². The van der Waals surface area contributed by atoms with Crippen molar-refractivity contribution in [2.45, 2.75) is 19.4 Å². The largest absolute Gasteiger partial charge is 0.497 e. The molecule has 8 nitrogen and oxygen atoms in total. The first-order valence-electron chi connectivity index (χ1n) is 9.71. The summed E-state index contributed by atoms with van der Waals surface area (Å²) >= 11 is 3.29. The zero-order chi connectivity index (χ0) is 22.4. The average Bonchev–Trinajstić information content (AvgIpc) is 3.00. The van der Waals surface area contributed by atoms with Crippen molar-refractivity contribution in [2.75, 3.05) is 20.2 Å². The van der Waals surface area contributed by atoms with Crippen LogP contribution in [-0.4, -0.2) is 48.7 Å². The van der Waals surface area contributed by atoms with Gasteiger partial charge in [-0.1, -0.05) is 28.1 Å². The average molecular weight is 488 g/mol. The van der Waals surface area contributed by atoms with E-state index in [1.165, 1.54) is 0 Å². The lowest BCUT2D eigenvalue weighted by Gasteiger charge is -2.13. The van der Waals surface area contributed by atoms with Crippen molar-refractivity contribution < 1.29 is 23.9 Å². The number of carbonyl (C=O) groups excluding carboxylic acids is 4. The number of amides is 4. The van der Waals surface area contributed by atoms with Gasteiger partial charge >= 0.3 is 0 Å². The topological polar surface area (TPSA) is 105 Å². The van der Waals surface area contributed by atoms with E-state index in [9.17, 15) is 19.2 Å². The molecule has 2 N–H and O–H groups in total. The van der Waals surface area contributed by atoms with Crippen LogP contribution in [0.3, 0.4) is 0 Å². The molecule has 31 heavy (non-hydrogen) atoms. The molecule has 9 heteroatoms. The molecule has 1 aliphatic rings. The summed E-state index contributed by atoms with van der Waals surface area (Å²) < 4.78 is 5.80. The molecule has 162 valence electrons. The molecule has 0 bridgehead atoms. The van der Waals surface area contributed by atoms with Gasteiger partial charge in [0.2, 0.25) is 11.8 Å². The quantitative estimate of drug-likeness (QED) is 0.527. The zero-order valence-corrected chi connectivity index (χ0v) is 18.5. The predicted octanol–water partition coefficient (Wildman–Crippen LogP) is 2.27. The third-order valence-corrected chi connectivity index (χ3v) is 5.31. The lowest BCUT2D eigenvalue weighted by Crippen LogP contribution is -2.37. The number of carbonyl (C=O) groups is 4. The number of ether oxygens (including phenoxy) is 1. The number of benzene rings is 2. The summed E-state index contributed by atoms with van der Waals surface area (Å²) in [6.45, 7) is 0.339. The van der Waals surface area contributed by atoms with Crippen LogP contribution in [0.1, 0.15) is 39.1 Å². The molecule has 0 atom stereocenters. The maximum Gasteiger partial charge on any atom is 0.261 e. The second kappa shape index (κ2) is 10.2. The smallest absolute Gasteiger partial charge is 0.261 e. The zero-order valence-electron chi connectivity index (χ0n) is 16.9. The second-order valence-corrected chi connectivity index (χ2v) is 7.87. The van der Waals surface area contributed by atoms with Gasteiger partial charge in [0.05, 0.1) is 24.8 Å². The van der Waals surface area contributed by atoms with Crippen molar-refractivity contribution in [3.8, 4) is 5.75 Å². The van der Waals surface area contributed by atoms with E-state index in [0.29, 0.717) is 24.1 Å². The monoisotopic (exact) mass is 487 g/mol. The molecule has 0 saturated heterocycles. The van der Waals surface area contributed by atoms with Gasteiger partial charge in [0.15, 0.2) is 0 Å². The number of halogens is 1. The Hall–Kier alpha value is -3.20. The third kappa shape index (κ3) is 5.69. The van der Waals surface area contributed by atoms with Crippen molar-refractivity contribution in [3.05, 3.63) is 63.6 Å². The lowest BCUT2D eigenvalue weighted by atomic mass is 10.1. The summed E-state index contributed by atoms with van der Waals surface area (Å²) in [6, 6.07) is 12.2. The lowest BCUT2D eigenvalue weighted by molar-refractivity contribution is -0.126. The molecule has 0 spiro atoms. The van der Waals surface area contributed by atoms with E-state index >= 15 is 0 Å². The highest BCUT2D eigenvalue weighted by atomic mass is 79.9. The Morgan fingerprint density at radius 1 is 0.968 bits per heavy atom. The molecule has 1 aliphatic heterocycles. The Labute approximate surface area is 188 Å². The first-order valence-corrected chi connectivity index (χ1v) is 10.5. The van der Waals surface area contributed by atoms with Crippen LogP contribution in [0.15, 0.2) is 46.9 Å². The van der Waals surface area contributed by atoms with Crippen molar-refractivity contribution in [3.63, 3.8) is 0 Å². The van der Waals surface area contributed by atoms with Gasteiger partial charge in [0.1, 0.15) is 5.75 Å². The molecule has 2 aromatic rings. The Balaban J connectivity index is 1.36. The van der Waals surface area contributed by atoms with Crippen LogP contribution in [0.5, 0.6) is 5.75 Å². The summed E-state index contributed by atoms with van der Waals surface area (Å²) in [7, 11) is 1.58. The number of rotatable bonds is 9. The number of fused-ring (bicyclic) bond motifs is 1. The van der Waals surface area contributed by atoms with Crippen LogP contribution in [0, 0.1) is 0 Å². The van der Waals surface area contributed by atoms with Gasteiger partial charge in [0.25, 0.3) is 11.8 Å². The van der Waals surface area contributed by atoms with E-state index in [4.69, 9.17) is 4.74 Å². The summed E-state index contributed by atoms with van der Waals surface area (Å²) in [5.74, 6) is -0.615. The van der Waals surface area contributed by atoms with E-state index in [1.807, 2.05) is 12.1 Å². The van der Waals surface area contributed by atoms with Crippen molar-refractivity contribution >= 4 is 39.6 Å². The normalized spacial score (nSPS) is 12.5. The van der Waals surface area contributed by atoms with Crippen molar-refractivity contribution in [1.29, 1.82) is 0 Å². The second-order valence-electron chi connectivity index (χ2n) is 6.96. The van der Waals surface area contributed by atoms with E-state index in [0.717, 1.165) is 20.7 Å². The number of imide groups is 1. The molecule has 2 aromatic carbocycles. The van der Waals surface area contributed by atoms with E-state index in [-0.39, 0.29) is 43.1 Å². The highest BCUT2D eigenvalue weighted by molar-refractivity contribution is 9.10. The summed E-state index contributed by atoms with van der Waals surface area (Å²) in [6.07, 6.45) is 0.412. The number of hydrogen-bond acceptors (Lipinski definition) is 5. The summed E-state index contributed by atoms with van der Waals surface area (Å²) in [5.41, 5.74) is 1.64. The molecule has 0 saturated carbocycles. The molecule has 0 aliphatic carbocycles. The summed E-state index contributed by atoms with van der Waals surface area (Å²) in [5, 5.41) is 5.27. The summed E-state index contributed by atoms with van der Waals surface area (Å²) in [4.78, 5) is 49.8. The van der Waals surface area contributed by atoms with E-state index in [1.54, 1.807) is 37.4 Å². The number of hydrogen-bond donors (Lipinski definition) is 2. The predicted molar refractivity (Wildman–Crippen MR) is 117 cm³/mol. The van der Waals surface area contributed by atoms with Crippen molar-refractivity contribution in [2.24, 2.45) is 0 Å². The fourth-order valence-electron chi connectivity index (χ4n) is 3.14. The fourth-order valence-corrected chi connectivity index (χ4v) is 3.50. The van der Waals surface area contributed by atoms with E-state index < -0.39 is 0 Å². The Bertz CT molecular complexity index is 1010. The minimum atomic E-state index is -0.361. The fraction of sp³-hybridized carbons (Fsp3) is 0.273. The first kappa shape index (κ1) is 22.5. The molecule has 0 radical (unpaired) electrons. The third-order valence-electron chi connectivity index (χ3n) is 4.81. The van der Waals surface area contributed by atoms with Gasteiger partial charge in [-0.25, -0.2) is 0 Å². The van der Waals surface area contributed by atoms with Crippen LogP contribution in [0.4, 0.5) is 0 Å². The van der Waals surface area contributed by atoms with Gasteiger partial charge in [-0.15, -0.1) is 0 Å².